The van der Waals surface area contributed by atoms with Crippen LogP contribution < -0.4 is 10.6 Å². The van der Waals surface area contributed by atoms with Gasteiger partial charge in [-0.2, -0.15) is 0 Å². The van der Waals surface area contributed by atoms with E-state index in [0.717, 1.165) is 5.57 Å². The molecule has 0 rings (SSSR count). The average Bonchev–Trinajstić information content (AvgIpc) is 2.86. The first-order chi connectivity index (χ1) is 19.7. The lowest BCUT2D eigenvalue weighted by atomic mass is 9.88. The molecule has 11 nitrogen and oxygen atoms in total. The van der Waals surface area contributed by atoms with Gasteiger partial charge in [0, 0.05) is 13.0 Å². The molecule has 0 aliphatic carbocycles. The monoisotopic (exact) mass is 605 g/mol. The van der Waals surface area contributed by atoms with Gasteiger partial charge in [-0.25, -0.2) is 4.79 Å². The number of carboxylic acids is 1. The quantitative estimate of drug-likeness (QED) is 0.133. The molecule has 0 saturated carbocycles. The van der Waals surface area contributed by atoms with Crippen molar-refractivity contribution in [1.82, 2.24) is 15.5 Å². The summed E-state index contributed by atoms with van der Waals surface area (Å²) in [6.07, 6.45) is 3.43. The van der Waals surface area contributed by atoms with Crippen LogP contribution >= 0.6 is 0 Å². The lowest BCUT2D eigenvalue weighted by Gasteiger charge is -2.32. The first-order valence-corrected chi connectivity index (χ1v) is 14.3. The van der Waals surface area contributed by atoms with E-state index in [1.807, 2.05) is 13.0 Å². The summed E-state index contributed by atoms with van der Waals surface area (Å²) < 4.78 is 10.6. The van der Waals surface area contributed by atoms with E-state index in [1.54, 1.807) is 27.7 Å². The third-order valence-corrected chi connectivity index (χ3v) is 6.41. The SMILES string of the molecule is C=CCOC(=O)N[C@@H](C)C(=O)N(C)[C@H](C(=O)NCC(=O)O[C@@H](/C(C)=C/C(C)=C/C(C)(C)C)[C@H](C)C(=C)CC(=O)O)C(C)C. The normalized spacial score (nSPS) is 15.0. The number of esters is 1. The molecule has 4 atom stereocenters. The van der Waals surface area contributed by atoms with Crippen molar-refractivity contribution in [3.63, 3.8) is 0 Å². The minimum absolute atomic E-state index is 0.0223. The molecule has 43 heavy (non-hydrogen) atoms. The fourth-order valence-electron chi connectivity index (χ4n) is 4.55. The fourth-order valence-corrected chi connectivity index (χ4v) is 4.55. The summed E-state index contributed by atoms with van der Waals surface area (Å²) in [5.41, 5.74) is 1.94. The van der Waals surface area contributed by atoms with E-state index in [1.165, 1.54) is 24.9 Å². The maximum atomic E-state index is 13.1. The van der Waals surface area contributed by atoms with Crippen molar-refractivity contribution in [1.29, 1.82) is 0 Å². The van der Waals surface area contributed by atoms with E-state index < -0.39 is 60.5 Å². The summed E-state index contributed by atoms with van der Waals surface area (Å²) in [6.45, 7) is 23.4. The van der Waals surface area contributed by atoms with Crippen LogP contribution in [0.2, 0.25) is 0 Å². The number of carbonyl (C=O) groups is 5. The molecular weight excluding hydrogens is 554 g/mol. The minimum Gasteiger partial charge on any atom is -0.481 e. The van der Waals surface area contributed by atoms with E-state index in [0.29, 0.717) is 11.1 Å². The molecule has 0 aliphatic rings. The van der Waals surface area contributed by atoms with Crippen LogP contribution in [0.5, 0.6) is 0 Å². The number of amides is 3. The first kappa shape index (κ1) is 39.1. The molecule has 3 N–H and O–H groups in total. The van der Waals surface area contributed by atoms with Crippen LogP contribution in [0.3, 0.4) is 0 Å². The third kappa shape index (κ3) is 14.7. The Morgan fingerprint density at radius 3 is 2.12 bits per heavy atom. The highest BCUT2D eigenvalue weighted by Gasteiger charge is 2.33. The van der Waals surface area contributed by atoms with Crippen LogP contribution in [0.15, 0.2) is 48.1 Å². The molecule has 0 saturated heterocycles. The van der Waals surface area contributed by atoms with Crippen molar-refractivity contribution in [3.05, 3.63) is 48.1 Å². The van der Waals surface area contributed by atoms with Crippen molar-refractivity contribution in [3.8, 4) is 0 Å². The molecule has 0 aromatic rings. The Morgan fingerprint density at radius 2 is 1.63 bits per heavy atom. The predicted molar refractivity (Wildman–Crippen MR) is 166 cm³/mol. The van der Waals surface area contributed by atoms with Crippen molar-refractivity contribution >= 4 is 29.8 Å². The van der Waals surface area contributed by atoms with Gasteiger partial charge in [-0.3, -0.25) is 19.2 Å². The summed E-state index contributed by atoms with van der Waals surface area (Å²) >= 11 is 0. The van der Waals surface area contributed by atoms with E-state index in [2.05, 4.69) is 50.6 Å². The Morgan fingerprint density at radius 1 is 1.05 bits per heavy atom. The van der Waals surface area contributed by atoms with Crippen LogP contribution in [0.4, 0.5) is 4.79 Å². The topological polar surface area (TPSA) is 151 Å². The Hall–Kier alpha value is -3.89. The number of rotatable bonds is 16. The number of nitrogens with zero attached hydrogens (tertiary/aromatic N) is 1. The lowest BCUT2D eigenvalue weighted by molar-refractivity contribution is -0.149. The second-order valence-corrected chi connectivity index (χ2v) is 12.2. The number of nitrogens with one attached hydrogen (secondary N) is 2. The lowest BCUT2D eigenvalue weighted by Crippen LogP contribution is -2.55. The minimum atomic E-state index is -1.05. The Kier molecular flexibility index (Phi) is 16.3. The number of allylic oxidation sites excluding steroid dienone is 3. The van der Waals surface area contributed by atoms with E-state index in [4.69, 9.17) is 9.47 Å². The molecule has 0 aromatic heterocycles. The van der Waals surface area contributed by atoms with Crippen molar-refractivity contribution < 1.29 is 38.6 Å². The van der Waals surface area contributed by atoms with Crippen LogP contribution in [-0.2, 0) is 28.7 Å². The van der Waals surface area contributed by atoms with E-state index >= 15 is 0 Å². The zero-order valence-corrected chi connectivity index (χ0v) is 27.4. The van der Waals surface area contributed by atoms with Crippen molar-refractivity contribution in [2.75, 3.05) is 20.2 Å². The number of alkyl carbamates (subject to hydrolysis) is 1. The molecule has 0 unspecified atom stereocenters. The van der Waals surface area contributed by atoms with Crippen LogP contribution in [0, 0.1) is 17.3 Å². The summed E-state index contributed by atoms with van der Waals surface area (Å²) in [6, 6.07) is -1.93. The van der Waals surface area contributed by atoms with Gasteiger partial charge in [0.2, 0.25) is 11.8 Å². The molecule has 0 aliphatic heterocycles. The molecular formula is C32H51N3O8. The smallest absolute Gasteiger partial charge is 0.408 e. The molecule has 3 amide bonds. The van der Waals surface area contributed by atoms with E-state index in [9.17, 15) is 29.1 Å². The predicted octanol–water partition coefficient (Wildman–Crippen LogP) is 4.40. The van der Waals surface area contributed by atoms with Gasteiger partial charge in [-0.15, -0.1) is 0 Å². The molecule has 0 spiro atoms. The van der Waals surface area contributed by atoms with Crippen molar-refractivity contribution in [2.45, 2.75) is 86.9 Å². The van der Waals surface area contributed by atoms with Crippen LogP contribution in [0.1, 0.15) is 68.7 Å². The largest absolute Gasteiger partial charge is 0.481 e. The van der Waals surface area contributed by atoms with Gasteiger partial charge < -0.3 is 30.1 Å². The number of aliphatic carboxylic acids is 1. The van der Waals surface area contributed by atoms with Gasteiger partial charge in [0.15, 0.2) is 0 Å². The highest BCUT2D eigenvalue weighted by Crippen LogP contribution is 2.27. The molecule has 242 valence electrons. The van der Waals surface area contributed by atoms with Gasteiger partial charge >= 0.3 is 18.0 Å². The summed E-state index contributed by atoms with van der Waals surface area (Å²) in [4.78, 5) is 63.4. The molecule has 11 heteroatoms. The third-order valence-electron chi connectivity index (χ3n) is 6.41. The van der Waals surface area contributed by atoms with Crippen molar-refractivity contribution in [2.24, 2.45) is 17.3 Å². The average molecular weight is 606 g/mol. The Bertz CT molecular complexity index is 1100. The number of likely N-dealkylation sites (N-methyl/N-ethyl adjacent to an activating group) is 1. The van der Waals surface area contributed by atoms with Gasteiger partial charge in [0.25, 0.3) is 0 Å². The highest BCUT2D eigenvalue weighted by atomic mass is 16.6. The van der Waals surface area contributed by atoms with Gasteiger partial charge in [0.05, 0.1) is 6.42 Å². The van der Waals surface area contributed by atoms with E-state index in [-0.39, 0.29) is 24.4 Å². The molecule has 0 aromatic carbocycles. The van der Waals surface area contributed by atoms with Gasteiger partial charge in [0.1, 0.15) is 31.3 Å². The highest BCUT2D eigenvalue weighted by molar-refractivity contribution is 5.92. The fraction of sp³-hybridized carbons (Fsp3) is 0.594. The van der Waals surface area contributed by atoms with Crippen LogP contribution in [0.25, 0.3) is 0 Å². The Balaban J connectivity index is 5.75. The standard InChI is InChI=1S/C32H51N3O8/c1-13-14-42-31(41)34-24(8)30(40)35(12)27(19(2)3)29(39)33-18-26(38)43-28(23(7)21(5)16-25(36)37)22(6)15-20(4)17-32(9,10)11/h13,15,17,19,23-24,27-28H,1,5,14,16,18H2,2-4,6-12H3,(H,33,39)(H,34,41)(H,36,37)/b20-17+,22-15+/t23-,24+,27+,28+/m1/s1. The maximum Gasteiger partial charge on any atom is 0.408 e. The zero-order valence-electron chi connectivity index (χ0n) is 27.4. The number of hydrogen-bond acceptors (Lipinski definition) is 7. The molecule has 0 radical (unpaired) electrons. The molecule has 0 fully saturated rings. The number of carboxylic acid groups (broad SMARTS) is 1. The Labute approximate surface area is 256 Å². The number of carbonyl (C=O) groups excluding carboxylic acids is 4. The van der Waals surface area contributed by atoms with Gasteiger partial charge in [-0.05, 0) is 37.7 Å². The summed E-state index contributed by atoms with van der Waals surface area (Å²) in [7, 11) is 1.44. The van der Waals surface area contributed by atoms with Crippen LogP contribution in [-0.4, -0.2) is 78.2 Å². The summed E-state index contributed by atoms with van der Waals surface area (Å²) in [5.74, 6) is -3.75. The number of ether oxygens (including phenoxy) is 2. The molecule has 0 bridgehead atoms. The number of hydrogen-bond donors (Lipinski definition) is 3. The van der Waals surface area contributed by atoms with Gasteiger partial charge in [-0.1, -0.05) is 84.1 Å². The summed E-state index contributed by atoms with van der Waals surface area (Å²) in [5, 5.41) is 14.2. The second kappa shape index (κ2) is 17.9. The molecule has 0 heterocycles. The second-order valence-electron chi connectivity index (χ2n) is 12.2. The first-order valence-electron chi connectivity index (χ1n) is 14.3. The maximum absolute atomic E-state index is 13.1. The zero-order chi connectivity index (χ0) is 33.7.